The molecule has 16 nitrogen and oxygen atoms in total. The molecule has 0 bridgehead atoms. The van der Waals surface area contributed by atoms with Crippen LogP contribution in [0.4, 0.5) is 0 Å². The number of aliphatic hydroxyl groups is 1. The summed E-state index contributed by atoms with van der Waals surface area (Å²) in [6, 6.07) is -3.94. The van der Waals surface area contributed by atoms with Crippen molar-refractivity contribution in [2.45, 2.75) is 97.9 Å². The Bertz CT molecular complexity index is 683. The molecule has 0 aliphatic carbocycles. The van der Waals surface area contributed by atoms with E-state index in [4.69, 9.17) is 59.3 Å². The zero-order chi connectivity index (χ0) is 33.3. The fourth-order valence-corrected chi connectivity index (χ4v) is 1.68. The predicted octanol–water partition coefficient (Wildman–Crippen LogP) is -0.858. The highest BCUT2D eigenvalue weighted by molar-refractivity contribution is 5.74. The standard InChI is InChI=1S/3C6H13NO2.C3H7NO3.C3H7NO2/c1-4(2)3-5(7)6(8)9;2*1-3-4(2)5(7)6(8)9;4-2(1-5)3(6)7;1-2(4)3(5)6/h3*4-5H,3,7H2,1-2H3,(H,8,9);2,5H,1,4H2,(H,6,7);2H,4H2,1H3,(H,5,6)/t5-;2*4-,5-;2*2-/m00000/s1. The maximum Gasteiger partial charge on any atom is 0.322 e. The average Bonchev–Trinajstić information content (AvgIpc) is 2.86. The quantitative estimate of drug-likeness (QED) is 0.132. The van der Waals surface area contributed by atoms with Gasteiger partial charge in [-0.25, -0.2) is 0 Å². The Balaban J connectivity index is -0.000000129. The number of carboxylic acids is 5. The van der Waals surface area contributed by atoms with Crippen LogP contribution in [-0.2, 0) is 24.0 Å². The van der Waals surface area contributed by atoms with Crippen LogP contribution < -0.4 is 28.7 Å². The van der Waals surface area contributed by atoms with E-state index < -0.39 is 66.7 Å². The fraction of sp³-hybridized carbons (Fsp3) is 0.792. The lowest BCUT2D eigenvalue weighted by Crippen LogP contribution is -2.36. The minimum atomic E-state index is -1.18. The highest BCUT2D eigenvalue weighted by atomic mass is 16.4. The third kappa shape index (κ3) is 33.1. The van der Waals surface area contributed by atoms with Gasteiger partial charge in [-0.1, -0.05) is 54.4 Å². The van der Waals surface area contributed by atoms with E-state index in [0.29, 0.717) is 12.3 Å². The molecular formula is C24H53N5O11. The van der Waals surface area contributed by atoms with Gasteiger partial charge in [-0.15, -0.1) is 0 Å². The number of nitrogens with two attached hydrogens (primary N) is 5. The maximum absolute atomic E-state index is 10.2. The highest BCUT2D eigenvalue weighted by Crippen LogP contribution is 2.05. The van der Waals surface area contributed by atoms with Crippen LogP contribution >= 0.6 is 0 Å². The van der Waals surface area contributed by atoms with Crippen LogP contribution in [0.2, 0.25) is 0 Å². The van der Waals surface area contributed by atoms with Gasteiger partial charge in [-0.2, -0.15) is 0 Å². The van der Waals surface area contributed by atoms with Crippen molar-refractivity contribution in [3.05, 3.63) is 0 Å². The number of rotatable bonds is 12. The lowest BCUT2D eigenvalue weighted by Gasteiger charge is -2.11. The molecule has 0 aliphatic rings. The van der Waals surface area contributed by atoms with Crippen LogP contribution in [0.5, 0.6) is 0 Å². The van der Waals surface area contributed by atoms with Crippen LogP contribution in [-0.4, -0.2) is 97.3 Å². The lowest BCUT2D eigenvalue weighted by atomic mass is 10.0. The van der Waals surface area contributed by atoms with Gasteiger partial charge in [0.2, 0.25) is 0 Å². The Morgan fingerprint density at radius 1 is 0.550 bits per heavy atom. The molecule has 240 valence electrons. The van der Waals surface area contributed by atoms with Crippen molar-refractivity contribution >= 4 is 29.8 Å². The Kier molecular flexibility index (Phi) is 32.5. The van der Waals surface area contributed by atoms with Crippen molar-refractivity contribution in [2.75, 3.05) is 6.61 Å². The molecule has 0 unspecified atom stereocenters. The van der Waals surface area contributed by atoms with Gasteiger partial charge in [0.25, 0.3) is 0 Å². The summed E-state index contributed by atoms with van der Waals surface area (Å²) in [6.07, 6.45) is 2.18. The van der Waals surface area contributed by atoms with E-state index in [9.17, 15) is 24.0 Å². The predicted molar refractivity (Wildman–Crippen MR) is 149 cm³/mol. The van der Waals surface area contributed by atoms with E-state index in [1.807, 2.05) is 41.5 Å². The number of aliphatic hydroxyl groups excluding tert-OH is 1. The molecule has 40 heavy (non-hydrogen) atoms. The van der Waals surface area contributed by atoms with Crippen molar-refractivity contribution in [2.24, 2.45) is 46.4 Å². The van der Waals surface area contributed by atoms with E-state index >= 15 is 0 Å². The molecule has 16 N–H and O–H groups in total. The summed E-state index contributed by atoms with van der Waals surface area (Å²) < 4.78 is 0. The SMILES string of the molecule is CC(C)C[C@H](N)C(=O)O.CC[C@H](C)[C@H](N)C(=O)O.CC[C@H](C)[C@H](N)C(=O)O.C[C@H](N)C(=O)O.N[C@@H](CO)C(=O)O. The zero-order valence-corrected chi connectivity index (χ0v) is 24.6. The summed E-state index contributed by atoms with van der Waals surface area (Å²) in [5.41, 5.74) is 25.4. The Hall–Kier alpha value is -2.89. The number of aliphatic carboxylic acids is 5. The van der Waals surface area contributed by atoms with Crippen molar-refractivity contribution < 1.29 is 54.6 Å². The van der Waals surface area contributed by atoms with Crippen LogP contribution in [0.3, 0.4) is 0 Å². The fourth-order valence-electron chi connectivity index (χ4n) is 1.68. The van der Waals surface area contributed by atoms with Crippen LogP contribution in [0.25, 0.3) is 0 Å². The van der Waals surface area contributed by atoms with Crippen molar-refractivity contribution in [1.29, 1.82) is 0 Å². The lowest BCUT2D eigenvalue weighted by molar-refractivity contribution is -0.140. The monoisotopic (exact) mass is 587 g/mol. The molecule has 0 saturated heterocycles. The van der Waals surface area contributed by atoms with E-state index in [1.54, 1.807) is 0 Å². The second-order valence-corrected chi connectivity index (χ2v) is 9.33. The Morgan fingerprint density at radius 3 is 0.875 bits per heavy atom. The molecule has 0 fully saturated rings. The summed E-state index contributed by atoms with van der Waals surface area (Å²) in [7, 11) is 0. The molecule has 0 heterocycles. The number of hydrogen-bond acceptors (Lipinski definition) is 11. The summed E-state index contributed by atoms with van der Waals surface area (Å²) in [4.78, 5) is 49.7. The molecule has 0 saturated carbocycles. The molecule has 0 aliphatic heterocycles. The molecule has 0 spiro atoms. The first-order chi connectivity index (χ1) is 18.0. The second-order valence-electron chi connectivity index (χ2n) is 9.33. The summed E-state index contributed by atoms with van der Waals surface area (Å²) in [5, 5.41) is 48.8. The first kappa shape index (κ1) is 46.9. The molecule has 7 atom stereocenters. The van der Waals surface area contributed by atoms with E-state index in [0.717, 1.165) is 12.8 Å². The summed E-state index contributed by atoms with van der Waals surface area (Å²) in [5.74, 6) is -4.38. The van der Waals surface area contributed by atoms with Gasteiger partial charge < -0.3 is 59.3 Å². The van der Waals surface area contributed by atoms with Gasteiger partial charge in [-0.05, 0) is 31.1 Å². The first-order valence-electron chi connectivity index (χ1n) is 12.6. The Labute approximate surface area is 235 Å². The minimum absolute atomic E-state index is 0.0718. The van der Waals surface area contributed by atoms with Gasteiger partial charge in [-0.3, -0.25) is 24.0 Å². The third-order valence-corrected chi connectivity index (χ3v) is 5.03. The van der Waals surface area contributed by atoms with Gasteiger partial charge in [0, 0.05) is 0 Å². The number of carboxylic acid groups (broad SMARTS) is 5. The van der Waals surface area contributed by atoms with Gasteiger partial charge >= 0.3 is 29.8 Å². The topological polar surface area (TPSA) is 337 Å². The number of hydrogen-bond donors (Lipinski definition) is 11. The van der Waals surface area contributed by atoms with Crippen molar-refractivity contribution in [3.63, 3.8) is 0 Å². The normalized spacial score (nSPS) is 15.1. The molecular weight excluding hydrogens is 534 g/mol. The van der Waals surface area contributed by atoms with Crippen LogP contribution in [0, 0.1) is 17.8 Å². The molecule has 0 aromatic heterocycles. The van der Waals surface area contributed by atoms with Gasteiger partial charge in [0.05, 0.1) is 6.61 Å². The van der Waals surface area contributed by atoms with E-state index in [-0.39, 0.29) is 11.8 Å². The molecule has 0 rings (SSSR count). The highest BCUT2D eigenvalue weighted by Gasteiger charge is 2.18. The van der Waals surface area contributed by atoms with Gasteiger partial charge in [0.15, 0.2) is 0 Å². The second kappa shape index (κ2) is 27.7. The zero-order valence-electron chi connectivity index (χ0n) is 24.6. The molecule has 16 heteroatoms. The van der Waals surface area contributed by atoms with Crippen molar-refractivity contribution in [1.82, 2.24) is 0 Å². The molecule has 0 aromatic rings. The molecule has 0 radical (unpaired) electrons. The van der Waals surface area contributed by atoms with E-state index in [2.05, 4.69) is 0 Å². The largest absolute Gasteiger partial charge is 0.480 e. The van der Waals surface area contributed by atoms with Crippen molar-refractivity contribution in [3.8, 4) is 0 Å². The summed E-state index contributed by atoms with van der Waals surface area (Å²) in [6.45, 7) is 12.3. The minimum Gasteiger partial charge on any atom is -0.480 e. The number of carbonyl (C=O) groups is 5. The molecule has 0 aromatic carbocycles. The van der Waals surface area contributed by atoms with Crippen LogP contribution in [0.15, 0.2) is 0 Å². The van der Waals surface area contributed by atoms with Gasteiger partial charge in [0.1, 0.15) is 30.2 Å². The van der Waals surface area contributed by atoms with E-state index in [1.165, 1.54) is 6.92 Å². The first-order valence-corrected chi connectivity index (χ1v) is 12.6. The summed E-state index contributed by atoms with van der Waals surface area (Å²) >= 11 is 0. The molecule has 0 amide bonds. The van der Waals surface area contributed by atoms with Crippen LogP contribution in [0.1, 0.15) is 67.7 Å². The maximum atomic E-state index is 10.2. The Morgan fingerprint density at radius 2 is 0.825 bits per heavy atom. The third-order valence-electron chi connectivity index (χ3n) is 5.03. The smallest absolute Gasteiger partial charge is 0.322 e. The average molecular weight is 588 g/mol.